The van der Waals surface area contributed by atoms with Crippen LogP contribution in [0.4, 0.5) is 0 Å². The second-order valence-corrected chi connectivity index (χ2v) is 9.60. The van der Waals surface area contributed by atoms with Gasteiger partial charge in [-0.1, -0.05) is 0 Å². The number of hydrogen-bond donors (Lipinski definition) is 4. The topological polar surface area (TPSA) is 125 Å². The van der Waals surface area contributed by atoms with Crippen LogP contribution >= 0.6 is 0 Å². The predicted molar refractivity (Wildman–Crippen MR) is 113 cm³/mol. The average Bonchev–Trinajstić information content (AvgIpc) is 2.68. The van der Waals surface area contributed by atoms with Crippen LogP contribution in [-0.2, 0) is 14.4 Å². The second kappa shape index (κ2) is 10.6. The Bertz CT molecular complexity index is 628. The first-order valence-corrected chi connectivity index (χ1v) is 11.6. The molecule has 2 aliphatic heterocycles. The standard InChI is InChI=1S/C22H38N4O4/c1-14(11-20(28)29)25-19(27)13-17-3-2-9-26(22(17)30)10-7-15-4-5-18-16(12-15)6-8-24-21(18)23/h14-18,21,24H,2-13,23H2,1H3,(H,25,27)(H,28,29)/t14-,15?,16?,17-,18+,21-/m1/s1. The lowest BCUT2D eigenvalue weighted by molar-refractivity contribution is -0.142. The fourth-order valence-corrected chi connectivity index (χ4v) is 5.68. The van der Waals surface area contributed by atoms with Gasteiger partial charge in [0.2, 0.25) is 11.8 Å². The smallest absolute Gasteiger partial charge is 0.305 e. The molecule has 170 valence electrons. The Hall–Kier alpha value is -1.67. The van der Waals surface area contributed by atoms with Gasteiger partial charge in [-0.2, -0.15) is 0 Å². The molecule has 0 radical (unpaired) electrons. The zero-order valence-electron chi connectivity index (χ0n) is 18.1. The number of piperidine rings is 2. The van der Waals surface area contributed by atoms with Crippen molar-refractivity contribution < 1.29 is 19.5 Å². The highest BCUT2D eigenvalue weighted by molar-refractivity contribution is 5.86. The summed E-state index contributed by atoms with van der Waals surface area (Å²) < 4.78 is 0. The van der Waals surface area contributed by atoms with E-state index in [2.05, 4.69) is 10.6 Å². The van der Waals surface area contributed by atoms with Crippen LogP contribution in [0.25, 0.3) is 0 Å². The first kappa shape index (κ1) is 23.0. The molecule has 2 heterocycles. The highest BCUT2D eigenvalue weighted by Gasteiger charge is 2.37. The SMILES string of the molecule is C[C@H](CC(=O)O)NC(=O)C[C@H]1CCCN(CCC2CC[C@H]3C(CCN[C@H]3N)C2)C1=O. The minimum atomic E-state index is -0.941. The van der Waals surface area contributed by atoms with E-state index in [0.717, 1.165) is 38.9 Å². The number of carbonyl (C=O) groups is 3. The van der Waals surface area contributed by atoms with Gasteiger partial charge in [0.05, 0.1) is 12.6 Å². The van der Waals surface area contributed by atoms with Crippen LogP contribution in [0.2, 0.25) is 0 Å². The first-order valence-electron chi connectivity index (χ1n) is 11.6. The van der Waals surface area contributed by atoms with Gasteiger partial charge in [-0.15, -0.1) is 0 Å². The molecule has 5 N–H and O–H groups in total. The summed E-state index contributed by atoms with van der Waals surface area (Å²) in [6, 6.07) is -0.428. The average molecular weight is 423 g/mol. The van der Waals surface area contributed by atoms with Crippen LogP contribution in [0.3, 0.4) is 0 Å². The van der Waals surface area contributed by atoms with E-state index in [1.54, 1.807) is 6.92 Å². The molecule has 1 aliphatic carbocycles. The zero-order valence-corrected chi connectivity index (χ0v) is 18.1. The highest BCUT2D eigenvalue weighted by atomic mass is 16.4. The lowest BCUT2D eigenvalue weighted by Gasteiger charge is -2.43. The van der Waals surface area contributed by atoms with E-state index < -0.39 is 12.0 Å². The van der Waals surface area contributed by atoms with E-state index in [9.17, 15) is 14.4 Å². The molecule has 6 atom stereocenters. The molecule has 1 saturated carbocycles. The molecule has 8 nitrogen and oxygen atoms in total. The molecule has 0 aromatic carbocycles. The summed E-state index contributed by atoms with van der Waals surface area (Å²) in [7, 11) is 0. The minimum Gasteiger partial charge on any atom is -0.481 e. The van der Waals surface area contributed by atoms with Gasteiger partial charge in [-0.25, -0.2) is 0 Å². The van der Waals surface area contributed by atoms with Crippen molar-refractivity contribution in [1.29, 1.82) is 0 Å². The predicted octanol–water partition coefficient (Wildman–Crippen LogP) is 1.30. The molecule has 3 rings (SSSR count). The van der Waals surface area contributed by atoms with Crippen molar-refractivity contribution in [3.8, 4) is 0 Å². The number of nitrogens with two attached hydrogens (primary N) is 1. The maximum absolute atomic E-state index is 12.9. The lowest BCUT2D eigenvalue weighted by atomic mass is 9.69. The summed E-state index contributed by atoms with van der Waals surface area (Å²) >= 11 is 0. The van der Waals surface area contributed by atoms with E-state index in [1.807, 2.05) is 4.90 Å². The molecule has 3 aliphatic rings. The molecule has 30 heavy (non-hydrogen) atoms. The summed E-state index contributed by atoms with van der Waals surface area (Å²) in [6.45, 7) is 4.23. The van der Waals surface area contributed by atoms with Gasteiger partial charge >= 0.3 is 5.97 Å². The van der Waals surface area contributed by atoms with Gasteiger partial charge in [-0.3, -0.25) is 14.4 Å². The number of aliphatic carboxylic acids is 1. The van der Waals surface area contributed by atoms with Crippen molar-refractivity contribution in [1.82, 2.24) is 15.5 Å². The molecule has 2 unspecified atom stereocenters. The molecular weight excluding hydrogens is 384 g/mol. The monoisotopic (exact) mass is 422 g/mol. The van der Waals surface area contributed by atoms with E-state index in [-0.39, 0.29) is 36.7 Å². The number of rotatable bonds is 8. The van der Waals surface area contributed by atoms with E-state index in [1.165, 1.54) is 25.7 Å². The van der Waals surface area contributed by atoms with Crippen LogP contribution in [-0.4, -0.2) is 59.6 Å². The Morgan fingerprint density at radius 3 is 2.87 bits per heavy atom. The Labute approximate surface area is 179 Å². The van der Waals surface area contributed by atoms with E-state index in [0.29, 0.717) is 17.8 Å². The third-order valence-corrected chi connectivity index (χ3v) is 7.28. The number of carboxylic acid groups (broad SMARTS) is 1. The third-order valence-electron chi connectivity index (χ3n) is 7.28. The molecule has 0 aromatic rings. The summed E-state index contributed by atoms with van der Waals surface area (Å²) in [5, 5.41) is 14.9. The molecule has 0 aromatic heterocycles. The highest BCUT2D eigenvalue weighted by Crippen LogP contribution is 2.40. The van der Waals surface area contributed by atoms with Gasteiger partial charge in [0.25, 0.3) is 0 Å². The number of likely N-dealkylation sites (tertiary alicyclic amines) is 1. The van der Waals surface area contributed by atoms with Gasteiger partial charge in [-0.05, 0) is 76.2 Å². The fourth-order valence-electron chi connectivity index (χ4n) is 5.68. The van der Waals surface area contributed by atoms with Crippen molar-refractivity contribution >= 4 is 17.8 Å². The van der Waals surface area contributed by atoms with Crippen LogP contribution in [0.5, 0.6) is 0 Å². The molecule has 2 amide bonds. The molecule has 0 spiro atoms. The number of hydrogen-bond acceptors (Lipinski definition) is 5. The van der Waals surface area contributed by atoms with Crippen LogP contribution in [0.15, 0.2) is 0 Å². The summed E-state index contributed by atoms with van der Waals surface area (Å²) in [5.41, 5.74) is 6.23. The summed E-state index contributed by atoms with van der Waals surface area (Å²) in [5.74, 6) is 0.589. The number of nitrogens with one attached hydrogen (secondary N) is 2. The third kappa shape index (κ3) is 6.17. The number of fused-ring (bicyclic) bond motifs is 1. The van der Waals surface area contributed by atoms with Gasteiger partial charge in [0.15, 0.2) is 0 Å². The van der Waals surface area contributed by atoms with Gasteiger partial charge < -0.3 is 26.4 Å². The number of nitrogens with zero attached hydrogens (tertiary/aromatic N) is 1. The van der Waals surface area contributed by atoms with E-state index >= 15 is 0 Å². The van der Waals surface area contributed by atoms with Gasteiger partial charge in [0, 0.05) is 31.5 Å². The second-order valence-electron chi connectivity index (χ2n) is 9.60. The van der Waals surface area contributed by atoms with Crippen LogP contribution in [0.1, 0.15) is 64.7 Å². The Kier molecular flexibility index (Phi) is 8.11. The number of carbonyl (C=O) groups excluding carboxylic acids is 2. The first-order chi connectivity index (χ1) is 14.3. The van der Waals surface area contributed by atoms with Crippen molar-refractivity contribution in [2.45, 2.75) is 76.9 Å². The maximum Gasteiger partial charge on any atom is 0.305 e. The normalized spacial score (nSPS) is 32.9. The summed E-state index contributed by atoms with van der Waals surface area (Å²) in [4.78, 5) is 37.8. The Balaban J connectivity index is 1.43. The van der Waals surface area contributed by atoms with Crippen molar-refractivity contribution in [3.05, 3.63) is 0 Å². The van der Waals surface area contributed by atoms with Crippen molar-refractivity contribution in [2.24, 2.45) is 29.4 Å². The number of carboxylic acids is 1. The van der Waals surface area contributed by atoms with Crippen LogP contribution < -0.4 is 16.4 Å². The molecule has 2 saturated heterocycles. The minimum absolute atomic E-state index is 0.0832. The molecular formula is C22H38N4O4. The number of amides is 2. The van der Waals surface area contributed by atoms with Crippen molar-refractivity contribution in [3.63, 3.8) is 0 Å². The Morgan fingerprint density at radius 1 is 1.30 bits per heavy atom. The van der Waals surface area contributed by atoms with Crippen LogP contribution in [0, 0.1) is 23.7 Å². The Morgan fingerprint density at radius 2 is 2.10 bits per heavy atom. The summed E-state index contributed by atoms with van der Waals surface area (Å²) in [6.07, 6.45) is 7.65. The molecule has 3 fully saturated rings. The quantitative estimate of drug-likeness (QED) is 0.467. The van der Waals surface area contributed by atoms with E-state index in [4.69, 9.17) is 10.8 Å². The maximum atomic E-state index is 12.9. The molecule has 8 heteroatoms. The lowest BCUT2D eigenvalue weighted by Crippen LogP contribution is -2.53. The van der Waals surface area contributed by atoms with Crippen molar-refractivity contribution in [2.75, 3.05) is 19.6 Å². The largest absolute Gasteiger partial charge is 0.481 e. The fraction of sp³-hybridized carbons (Fsp3) is 0.864. The zero-order chi connectivity index (χ0) is 21.7. The molecule has 0 bridgehead atoms. The van der Waals surface area contributed by atoms with Gasteiger partial charge in [0.1, 0.15) is 0 Å².